The van der Waals surface area contributed by atoms with Gasteiger partial charge in [-0.05, 0) is 36.2 Å². The molecular weight excluding hydrogens is 312 g/mol. The Morgan fingerprint density at radius 2 is 1.80 bits per heavy atom. The van der Waals surface area contributed by atoms with Crippen molar-refractivity contribution in [2.24, 2.45) is 0 Å². The summed E-state index contributed by atoms with van der Waals surface area (Å²) in [6.45, 7) is 2.84. The zero-order chi connectivity index (χ0) is 13.9. The van der Waals surface area contributed by atoms with Gasteiger partial charge in [0.2, 0.25) is 0 Å². The number of nitrogens with one attached hydrogen (secondary N) is 1. The number of para-hydroxylation sites is 1. The van der Waals surface area contributed by atoms with Crippen LogP contribution < -0.4 is 5.32 Å². The van der Waals surface area contributed by atoms with Gasteiger partial charge in [0, 0.05) is 16.4 Å². The third kappa shape index (κ3) is 2.68. The van der Waals surface area contributed by atoms with E-state index in [0.29, 0.717) is 0 Å². The molecule has 0 atom stereocenters. The molecule has 0 aliphatic heterocycles. The smallest absolute Gasteiger partial charge is 0.129 e. The van der Waals surface area contributed by atoms with Crippen LogP contribution in [0.25, 0.3) is 10.9 Å². The van der Waals surface area contributed by atoms with E-state index in [1.807, 2.05) is 30.3 Å². The van der Waals surface area contributed by atoms with E-state index in [0.717, 1.165) is 27.9 Å². The summed E-state index contributed by atoms with van der Waals surface area (Å²) < 4.78 is 1.12. The zero-order valence-corrected chi connectivity index (χ0v) is 12.8. The van der Waals surface area contributed by atoms with Crippen molar-refractivity contribution in [3.63, 3.8) is 0 Å². The average molecular weight is 327 g/mol. The number of benzene rings is 2. The Kier molecular flexibility index (Phi) is 3.70. The van der Waals surface area contributed by atoms with Gasteiger partial charge in [0.15, 0.2) is 0 Å². The highest BCUT2D eigenvalue weighted by atomic mass is 79.9. The van der Waals surface area contributed by atoms with Crippen molar-refractivity contribution >= 4 is 32.7 Å². The molecule has 3 heteroatoms. The first kappa shape index (κ1) is 13.1. The van der Waals surface area contributed by atoms with Crippen LogP contribution in [0.15, 0.2) is 59.1 Å². The summed E-state index contributed by atoms with van der Waals surface area (Å²) in [5.74, 6) is 0.944. The first-order chi connectivity index (χ1) is 9.74. The molecule has 0 fully saturated rings. The van der Waals surface area contributed by atoms with Gasteiger partial charge < -0.3 is 5.32 Å². The maximum atomic E-state index is 4.69. The Bertz CT molecular complexity index is 753. The van der Waals surface area contributed by atoms with Crippen LogP contribution in [0, 0.1) is 6.92 Å². The maximum Gasteiger partial charge on any atom is 0.129 e. The third-order valence-corrected chi connectivity index (χ3v) is 4.09. The molecule has 0 aliphatic carbocycles. The SMILES string of the molecule is Cc1cc2ccccc2nc1NCc1ccccc1Br. The van der Waals surface area contributed by atoms with E-state index in [1.54, 1.807) is 0 Å². The maximum absolute atomic E-state index is 4.69. The average Bonchev–Trinajstić information content (AvgIpc) is 2.46. The molecule has 0 bridgehead atoms. The molecule has 0 amide bonds. The Morgan fingerprint density at radius 3 is 2.65 bits per heavy atom. The molecule has 0 unspecified atom stereocenters. The normalized spacial score (nSPS) is 10.7. The second-order valence-electron chi connectivity index (χ2n) is 4.79. The number of aryl methyl sites for hydroxylation is 1. The van der Waals surface area contributed by atoms with Gasteiger partial charge in [-0.2, -0.15) is 0 Å². The predicted molar refractivity (Wildman–Crippen MR) is 87.9 cm³/mol. The molecule has 2 nitrogen and oxygen atoms in total. The molecule has 0 saturated heterocycles. The minimum Gasteiger partial charge on any atom is -0.366 e. The molecule has 0 saturated carbocycles. The standard InChI is InChI=1S/C17H15BrN2/c1-12-10-13-6-3-5-9-16(13)20-17(12)19-11-14-7-2-4-8-15(14)18/h2-10H,11H2,1H3,(H,19,20). The molecule has 3 aromatic rings. The van der Waals surface area contributed by atoms with E-state index in [2.05, 4.69) is 52.4 Å². The largest absolute Gasteiger partial charge is 0.366 e. The van der Waals surface area contributed by atoms with Crippen molar-refractivity contribution in [1.82, 2.24) is 4.98 Å². The summed E-state index contributed by atoms with van der Waals surface area (Å²) in [5.41, 5.74) is 3.41. The number of fused-ring (bicyclic) bond motifs is 1. The van der Waals surface area contributed by atoms with Gasteiger partial charge in [-0.25, -0.2) is 4.98 Å². The van der Waals surface area contributed by atoms with E-state index in [-0.39, 0.29) is 0 Å². The first-order valence-electron chi connectivity index (χ1n) is 6.58. The van der Waals surface area contributed by atoms with Gasteiger partial charge in [-0.3, -0.25) is 0 Å². The minimum absolute atomic E-state index is 0.758. The Labute approximate surface area is 127 Å². The topological polar surface area (TPSA) is 24.9 Å². The fraction of sp³-hybridized carbons (Fsp3) is 0.118. The van der Waals surface area contributed by atoms with Crippen LogP contribution in [-0.2, 0) is 6.54 Å². The molecule has 1 heterocycles. The summed E-state index contributed by atoms with van der Waals surface area (Å²) >= 11 is 3.57. The highest BCUT2D eigenvalue weighted by molar-refractivity contribution is 9.10. The number of nitrogens with zero attached hydrogens (tertiary/aromatic N) is 1. The van der Waals surface area contributed by atoms with Crippen LogP contribution in [0.3, 0.4) is 0 Å². The molecule has 1 aromatic heterocycles. The lowest BCUT2D eigenvalue weighted by atomic mass is 10.1. The van der Waals surface area contributed by atoms with Crippen molar-refractivity contribution in [3.8, 4) is 0 Å². The molecule has 3 rings (SSSR count). The van der Waals surface area contributed by atoms with Crippen molar-refractivity contribution in [2.75, 3.05) is 5.32 Å². The summed E-state index contributed by atoms with van der Waals surface area (Å²) in [7, 11) is 0. The number of rotatable bonds is 3. The van der Waals surface area contributed by atoms with Crippen LogP contribution in [0.5, 0.6) is 0 Å². The number of hydrogen-bond acceptors (Lipinski definition) is 2. The predicted octanol–water partition coefficient (Wildman–Crippen LogP) is 4.92. The Hall–Kier alpha value is -1.87. The second-order valence-corrected chi connectivity index (χ2v) is 5.65. The highest BCUT2D eigenvalue weighted by Crippen LogP contribution is 2.21. The summed E-state index contributed by atoms with van der Waals surface area (Å²) in [5, 5.41) is 4.60. The fourth-order valence-electron chi connectivity index (χ4n) is 2.22. The van der Waals surface area contributed by atoms with E-state index in [9.17, 15) is 0 Å². The van der Waals surface area contributed by atoms with E-state index >= 15 is 0 Å². The zero-order valence-electron chi connectivity index (χ0n) is 11.2. The van der Waals surface area contributed by atoms with Crippen molar-refractivity contribution in [3.05, 3.63) is 70.2 Å². The van der Waals surface area contributed by atoms with Gasteiger partial charge in [-0.1, -0.05) is 52.3 Å². The molecule has 0 radical (unpaired) electrons. The molecule has 0 aliphatic rings. The number of hydrogen-bond donors (Lipinski definition) is 1. The molecular formula is C17H15BrN2. The molecule has 20 heavy (non-hydrogen) atoms. The Morgan fingerprint density at radius 1 is 1.05 bits per heavy atom. The second kappa shape index (κ2) is 5.63. The van der Waals surface area contributed by atoms with Crippen molar-refractivity contribution in [1.29, 1.82) is 0 Å². The van der Waals surface area contributed by atoms with E-state index in [4.69, 9.17) is 4.98 Å². The van der Waals surface area contributed by atoms with Crippen LogP contribution in [0.4, 0.5) is 5.82 Å². The lowest BCUT2D eigenvalue weighted by molar-refractivity contribution is 1.10. The van der Waals surface area contributed by atoms with Gasteiger partial charge in [0.05, 0.1) is 5.52 Å². The van der Waals surface area contributed by atoms with E-state index < -0.39 is 0 Å². The molecule has 2 aromatic carbocycles. The summed E-state index contributed by atoms with van der Waals surface area (Å²) in [4.78, 5) is 4.69. The first-order valence-corrected chi connectivity index (χ1v) is 7.37. The lowest BCUT2D eigenvalue weighted by Gasteiger charge is -2.11. The van der Waals surface area contributed by atoms with Crippen molar-refractivity contribution in [2.45, 2.75) is 13.5 Å². The molecule has 1 N–H and O–H groups in total. The highest BCUT2D eigenvalue weighted by Gasteiger charge is 2.04. The Balaban J connectivity index is 1.87. The molecule has 0 spiro atoms. The van der Waals surface area contributed by atoms with Gasteiger partial charge in [0.25, 0.3) is 0 Å². The quantitative estimate of drug-likeness (QED) is 0.739. The molecule has 100 valence electrons. The van der Waals surface area contributed by atoms with E-state index in [1.165, 1.54) is 10.9 Å². The van der Waals surface area contributed by atoms with Gasteiger partial charge in [0.1, 0.15) is 5.82 Å². The van der Waals surface area contributed by atoms with Crippen molar-refractivity contribution < 1.29 is 0 Å². The lowest BCUT2D eigenvalue weighted by Crippen LogP contribution is -2.04. The third-order valence-electron chi connectivity index (χ3n) is 3.32. The van der Waals surface area contributed by atoms with Crippen LogP contribution in [0.1, 0.15) is 11.1 Å². The monoisotopic (exact) mass is 326 g/mol. The van der Waals surface area contributed by atoms with Crippen LogP contribution >= 0.6 is 15.9 Å². The number of halogens is 1. The number of pyridine rings is 1. The minimum atomic E-state index is 0.758. The fourth-order valence-corrected chi connectivity index (χ4v) is 2.65. The summed E-state index contributed by atoms with van der Waals surface area (Å²) in [6, 6.07) is 18.6. The van der Waals surface area contributed by atoms with Gasteiger partial charge in [-0.15, -0.1) is 0 Å². The summed E-state index contributed by atoms with van der Waals surface area (Å²) in [6.07, 6.45) is 0. The van der Waals surface area contributed by atoms with Crippen LogP contribution in [-0.4, -0.2) is 4.98 Å². The van der Waals surface area contributed by atoms with Gasteiger partial charge >= 0.3 is 0 Å². The number of aromatic nitrogens is 1. The number of anilines is 1. The van der Waals surface area contributed by atoms with Crippen LogP contribution in [0.2, 0.25) is 0 Å².